The highest BCUT2D eigenvalue weighted by molar-refractivity contribution is 6.14. The molecule has 2 unspecified atom stereocenters. The molecular weight excluding hydrogens is 685 g/mol. The smallest absolute Gasteiger partial charge is 0.137 e. The number of anilines is 3. The van der Waals surface area contributed by atoms with Gasteiger partial charge in [-0.15, -0.1) is 0 Å². The van der Waals surface area contributed by atoms with Crippen molar-refractivity contribution in [3.63, 3.8) is 0 Å². The maximum atomic E-state index is 6.79. The van der Waals surface area contributed by atoms with Crippen molar-refractivity contribution in [3.05, 3.63) is 213 Å². The molecule has 2 aliphatic carbocycles. The molecule has 56 heavy (non-hydrogen) atoms. The van der Waals surface area contributed by atoms with Crippen molar-refractivity contribution in [1.82, 2.24) is 0 Å². The molecule has 0 fully saturated rings. The summed E-state index contributed by atoms with van der Waals surface area (Å²) in [5.74, 6) is 3.71. The Morgan fingerprint density at radius 1 is 0.625 bits per heavy atom. The molecule has 4 heteroatoms. The lowest BCUT2D eigenvalue weighted by molar-refractivity contribution is 0.480. The highest BCUT2D eigenvalue weighted by Gasteiger charge is 2.29. The van der Waals surface area contributed by atoms with E-state index in [9.17, 15) is 0 Å². The predicted molar refractivity (Wildman–Crippen MR) is 235 cm³/mol. The molecule has 0 saturated carbocycles. The molecule has 5 aromatic carbocycles. The quantitative estimate of drug-likeness (QED) is 0.124. The molecule has 2 atom stereocenters. The number of para-hydroxylation sites is 1. The molecule has 4 aliphatic rings. The molecule has 0 bridgehead atoms. The Hall–Kier alpha value is -7.04. The lowest BCUT2D eigenvalue weighted by Crippen LogP contribution is -2.30. The van der Waals surface area contributed by atoms with Crippen molar-refractivity contribution in [3.8, 4) is 45.3 Å². The van der Waals surface area contributed by atoms with Crippen LogP contribution in [0.5, 0.6) is 23.0 Å². The first-order valence-corrected chi connectivity index (χ1v) is 19.2. The van der Waals surface area contributed by atoms with E-state index in [1.807, 2.05) is 42.5 Å². The molecule has 272 valence electrons. The van der Waals surface area contributed by atoms with Crippen LogP contribution in [0.25, 0.3) is 33.0 Å². The zero-order valence-corrected chi connectivity index (χ0v) is 31.2. The predicted octanol–water partition coefficient (Wildman–Crippen LogP) is 14.2. The number of fused-ring (bicyclic) bond motifs is 4. The van der Waals surface area contributed by atoms with Crippen LogP contribution in [-0.2, 0) is 0 Å². The van der Waals surface area contributed by atoms with Crippen molar-refractivity contribution >= 4 is 27.8 Å². The first kappa shape index (κ1) is 34.7. The van der Waals surface area contributed by atoms with Gasteiger partial charge in [0.1, 0.15) is 23.0 Å². The van der Waals surface area contributed by atoms with Crippen molar-refractivity contribution in [2.45, 2.75) is 18.9 Å². The first-order valence-electron chi connectivity index (χ1n) is 19.2. The summed E-state index contributed by atoms with van der Waals surface area (Å²) in [4.78, 5) is 4.49. The van der Waals surface area contributed by atoms with Gasteiger partial charge in [-0.3, -0.25) is 0 Å². The third-order valence-corrected chi connectivity index (χ3v) is 10.8. The topological polar surface area (TPSA) is 24.9 Å². The van der Waals surface area contributed by atoms with Crippen LogP contribution in [0.2, 0.25) is 0 Å². The van der Waals surface area contributed by atoms with E-state index < -0.39 is 0 Å². The standard InChI is InChI=1S/C52H42N2O2/c1-4-7-8-15-33-53(39-23-21-37(22-24-39)36-17-11-9-12-18-36)41-25-27-43-45-29-32-48-52-46(30-31-47(51(45)52)55-49(43)34-41)44-28-26-42(35-50(44)56-48)54(38(6-3)16-5-2)40-19-13-10-14-20-40/h4-17,19-23,25-36,39H,1-3,18,24H2/b8-7-,33-15+,38-16+. The average molecular weight is 727 g/mol. The largest absolute Gasteiger partial charge is 0.456 e. The SMILES string of the molecule is C=C/C=C\C=C\N(c1ccc2c(c1)Oc1ccc3c4c(ccc-2c14)Oc1cc(N(/C(C=C)=C/C=C)c2ccccc2)ccc1-3)C1C=CC(C2C=CC=CC2)=CC1. The maximum absolute atomic E-state index is 6.79. The molecule has 0 spiro atoms. The number of hydrogen-bond donors (Lipinski definition) is 0. The van der Waals surface area contributed by atoms with Crippen LogP contribution >= 0.6 is 0 Å². The van der Waals surface area contributed by atoms with Crippen LogP contribution in [0.1, 0.15) is 12.8 Å². The number of nitrogens with zero attached hydrogens (tertiary/aromatic N) is 2. The van der Waals surface area contributed by atoms with Crippen LogP contribution in [0.15, 0.2) is 213 Å². The minimum atomic E-state index is 0.162. The van der Waals surface area contributed by atoms with E-state index in [0.29, 0.717) is 5.92 Å². The van der Waals surface area contributed by atoms with Crippen LogP contribution in [0, 0.1) is 5.92 Å². The second-order valence-electron chi connectivity index (χ2n) is 14.1. The van der Waals surface area contributed by atoms with E-state index in [4.69, 9.17) is 9.47 Å². The highest BCUT2D eigenvalue weighted by Crippen LogP contribution is 2.56. The monoisotopic (exact) mass is 726 g/mol. The molecule has 2 aliphatic heterocycles. The minimum absolute atomic E-state index is 0.162. The lowest BCUT2D eigenvalue weighted by atomic mass is 9.87. The number of allylic oxidation sites excluding steroid dienone is 13. The van der Waals surface area contributed by atoms with Gasteiger partial charge in [-0.25, -0.2) is 0 Å². The Bertz CT molecular complexity index is 2610. The molecule has 0 N–H and O–H groups in total. The molecule has 0 amide bonds. The summed E-state index contributed by atoms with van der Waals surface area (Å²) in [6.45, 7) is 11.9. The van der Waals surface area contributed by atoms with E-state index >= 15 is 0 Å². The number of benzene rings is 5. The van der Waals surface area contributed by atoms with Gasteiger partial charge in [0.25, 0.3) is 0 Å². The fourth-order valence-corrected chi connectivity index (χ4v) is 8.21. The summed E-state index contributed by atoms with van der Waals surface area (Å²) >= 11 is 0. The van der Waals surface area contributed by atoms with Gasteiger partial charge in [-0.2, -0.15) is 0 Å². The first-order chi connectivity index (χ1) is 27.6. The van der Waals surface area contributed by atoms with Gasteiger partial charge in [0, 0.05) is 68.9 Å². The Morgan fingerprint density at radius 3 is 1.95 bits per heavy atom. The zero-order valence-electron chi connectivity index (χ0n) is 31.2. The maximum Gasteiger partial charge on any atom is 0.137 e. The molecular formula is C52H42N2O2. The van der Waals surface area contributed by atoms with Crippen LogP contribution in [-0.4, -0.2) is 6.04 Å². The highest BCUT2D eigenvalue weighted by atomic mass is 16.5. The van der Waals surface area contributed by atoms with Crippen LogP contribution < -0.4 is 19.3 Å². The van der Waals surface area contributed by atoms with Gasteiger partial charge in [0.05, 0.1) is 6.04 Å². The minimum Gasteiger partial charge on any atom is -0.456 e. The third kappa shape index (κ3) is 6.25. The number of rotatable bonds is 11. The van der Waals surface area contributed by atoms with Crippen molar-refractivity contribution in [2.75, 3.05) is 9.80 Å². The molecule has 0 aromatic heterocycles. The Labute approximate surface area is 329 Å². The van der Waals surface area contributed by atoms with E-state index in [0.717, 1.165) is 91.6 Å². The number of hydrogen-bond acceptors (Lipinski definition) is 4. The zero-order chi connectivity index (χ0) is 38.0. The summed E-state index contributed by atoms with van der Waals surface area (Å²) < 4.78 is 13.5. The lowest BCUT2D eigenvalue weighted by Gasteiger charge is -2.32. The van der Waals surface area contributed by atoms with Gasteiger partial charge < -0.3 is 19.3 Å². The molecule has 4 nitrogen and oxygen atoms in total. The Balaban J connectivity index is 1.06. The van der Waals surface area contributed by atoms with Crippen LogP contribution in [0.4, 0.5) is 17.1 Å². The van der Waals surface area contributed by atoms with Gasteiger partial charge in [0.15, 0.2) is 0 Å². The van der Waals surface area contributed by atoms with E-state index in [2.05, 4.69) is 157 Å². The normalized spacial score (nSPS) is 17.5. The van der Waals surface area contributed by atoms with Gasteiger partial charge in [-0.05, 0) is 108 Å². The molecule has 2 heterocycles. The third-order valence-electron chi connectivity index (χ3n) is 10.8. The van der Waals surface area contributed by atoms with Gasteiger partial charge in [0.2, 0.25) is 0 Å². The van der Waals surface area contributed by atoms with Crippen molar-refractivity contribution < 1.29 is 9.47 Å². The Kier molecular flexibility index (Phi) is 9.30. The van der Waals surface area contributed by atoms with Crippen molar-refractivity contribution in [2.24, 2.45) is 5.92 Å². The fourth-order valence-electron chi connectivity index (χ4n) is 8.21. The summed E-state index contributed by atoms with van der Waals surface area (Å²) in [7, 11) is 0. The van der Waals surface area contributed by atoms with Crippen LogP contribution in [0.3, 0.4) is 0 Å². The summed E-state index contributed by atoms with van der Waals surface area (Å²) in [5.41, 5.74) is 9.68. The Morgan fingerprint density at radius 2 is 1.32 bits per heavy atom. The van der Waals surface area contributed by atoms with E-state index in [-0.39, 0.29) is 6.04 Å². The van der Waals surface area contributed by atoms with Gasteiger partial charge >= 0.3 is 0 Å². The molecule has 5 aromatic rings. The van der Waals surface area contributed by atoms with E-state index in [1.165, 1.54) is 5.57 Å². The molecule has 9 rings (SSSR count). The van der Waals surface area contributed by atoms with Gasteiger partial charge in [-0.1, -0.05) is 105 Å². The molecule has 0 radical (unpaired) electrons. The second-order valence-corrected chi connectivity index (χ2v) is 14.1. The summed E-state index contributed by atoms with van der Waals surface area (Å²) in [5, 5.41) is 2.12. The second kappa shape index (κ2) is 15.0. The average Bonchev–Trinajstić information content (AvgIpc) is 3.25. The number of ether oxygens (including phenoxy) is 2. The van der Waals surface area contributed by atoms with Crippen molar-refractivity contribution in [1.29, 1.82) is 0 Å². The summed E-state index contributed by atoms with van der Waals surface area (Å²) in [6, 6.07) is 31.9. The van der Waals surface area contributed by atoms with E-state index in [1.54, 1.807) is 12.2 Å². The molecule has 0 saturated heterocycles. The summed E-state index contributed by atoms with van der Waals surface area (Å²) in [6.07, 6.45) is 33.4. The fraction of sp³-hybridized carbons (Fsp3) is 0.0769.